The minimum atomic E-state index is -2.20. The maximum absolute atomic E-state index is 12.6. The van der Waals surface area contributed by atoms with E-state index in [-0.39, 0.29) is 12.6 Å². The molecule has 28 heavy (non-hydrogen) atoms. The predicted octanol–water partition coefficient (Wildman–Crippen LogP) is 5.86. The second-order valence-corrected chi connectivity index (χ2v) is 13.8. The van der Waals surface area contributed by atoms with Crippen LogP contribution < -0.4 is 0 Å². The molecule has 0 saturated carbocycles. The van der Waals surface area contributed by atoms with Gasteiger partial charge in [0.2, 0.25) is 0 Å². The molecule has 156 valence electrons. The number of methoxy groups -OCH3 is 1. The van der Waals surface area contributed by atoms with Crippen LogP contribution in [0, 0.1) is 0 Å². The SMILES string of the molecule is C=C(O[Si](C(C)C)(C(C)C)C(C)C)[C@@H](OC)N1C(=O)OC[C@H]1c1ccccc1. The van der Waals surface area contributed by atoms with Gasteiger partial charge in [-0.15, -0.1) is 0 Å². The molecular formula is C22H35NO4Si. The van der Waals surface area contributed by atoms with Crippen LogP contribution in [0.2, 0.25) is 16.6 Å². The van der Waals surface area contributed by atoms with Crippen molar-refractivity contribution in [3.05, 3.63) is 48.2 Å². The van der Waals surface area contributed by atoms with Crippen molar-refractivity contribution in [2.75, 3.05) is 13.7 Å². The number of benzene rings is 1. The van der Waals surface area contributed by atoms with Crippen molar-refractivity contribution in [1.29, 1.82) is 0 Å². The maximum atomic E-state index is 12.6. The van der Waals surface area contributed by atoms with Crippen molar-refractivity contribution in [3.8, 4) is 0 Å². The zero-order valence-electron chi connectivity index (χ0n) is 18.3. The lowest BCUT2D eigenvalue weighted by Gasteiger charge is -2.44. The molecule has 1 aromatic carbocycles. The van der Waals surface area contributed by atoms with Crippen molar-refractivity contribution in [1.82, 2.24) is 4.90 Å². The van der Waals surface area contributed by atoms with E-state index in [2.05, 4.69) is 48.1 Å². The second-order valence-electron chi connectivity index (χ2n) is 8.38. The van der Waals surface area contributed by atoms with E-state index in [0.717, 1.165) is 5.56 Å². The van der Waals surface area contributed by atoms with Crippen molar-refractivity contribution >= 4 is 14.4 Å². The number of nitrogens with zero attached hydrogens (tertiary/aromatic N) is 1. The van der Waals surface area contributed by atoms with E-state index in [1.165, 1.54) is 0 Å². The third kappa shape index (κ3) is 4.13. The second kappa shape index (κ2) is 9.14. The topological polar surface area (TPSA) is 48.0 Å². The number of carbonyl (C=O) groups is 1. The molecular weight excluding hydrogens is 370 g/mol. The van der Waals surface area contributed by atoms with Crippen LogP contribution in [0.25, 0.3) is 0 Å². The summed E-state index contributed by atoms with van der Waals surface area (Å²) in [6.45, 7) is 17.8. The third-order valence-electron chi connectivity index (χ3n) is 5.86. The van der Waals surface area contributed by atoms with Gasteiger partial charge in [-0.1, -0.05) is 78.5 Å². The van der Waals surface area contributed by atoms with Crippen LogP contribution in [0.1, 0.15) is 53.1 Å². The highest BCUT2D eigenvalue weighted by atomic mass is 28.4. The van der Waals surface area contributed by atoms with Crippen LogP contribution in [0.15, 0.2) is 42.7 Å². The highest BCUT2D eigenvalue weighted by molar-refractivity contribution is 6.77. The smallest absolute Gasteiger partial charge is 0.412 e. The van der Waals surface area contributed by atoms with Gasteiger partial charge in [0.25, 0.3) is 8.32 Å². The number of hydrogen-bond acceptors (Lipinski definition) is 4. The zero-order valence-corrected chi connectivity index (χ0v) is 19.3. The zero-order chi connectivity index (χ0) is 21.1. The fourth-order valence-corrected chi connectivity index (χ4v) is 9.92. The Morgan fingerprint density at radius 1 is 1.11 bits per heavy atom. The van der Waals surface area contributed by atoms with Crippen LogP contribution in [0.5, 0.6) is 0 Å². The summed E-state index contributed by atoms with van der Waals surface area (Å²) in [5.74, 6) is 0.491. The van der Waals surface area contributed by atoms with E-state index in [9.17, 15) is 4.79 Å². The normalized spacial score (nSPS) is 18.7. The summed E-state index contributed by atoms with van der Waals surface area (Å²) in [5.41, 5.74) is 2.20. The highest BCUT2D eigenvalue weighted by Gasteiger charge is 2.49. The number of cyclic esters (lactones) is 1. The van der Waals surface area contributed by atoms with Crippen molar-refractivity contribution in [2.45, 2.75) is 70.4 Å². The average molecular weight is 406 g/mol. The highest BCUT2D eigenvalue weighted by Crippen LogP contribution is 2.44. The molecule has 1 aliphatic rings. The number of rotatable bonds is 9. The molecule has 1 aliphatic heterocycles. The molecule has 0 N–H and O–H groups in total. The molecule has 1 fully saturated rings. The predicted molar refractivity (Wildman–Crippen MR) is 114 cm³/mol. The average Bonchev–Trinajstić information content (AvgIpc) is 3.01. The molecule has 1 saturated heterocycles. The summed E-state index contributed by atoms with van der Waals surface area (Å²) >= 11 is 0. The minimum Gasteiger partial charge on any atom is -0.543 e. The van der Waals surface area contributed by atoms with Gasteiger partial charge in [-0.3, -0.25) is 4.90 Å². The number of ether oxygens (including phenoxy) is 2. The fraction of sp³-hybridized carbons (Fsp3) is 0.591. The largest absolute Gasteiger partial charge is 0.543 e. The molecule has 2 rings (SSSR count). The summed E-state index contributed by atoms with van der Waals surface area (Å²) in [4.78, 5) is 14.2. The first-order valence-electron chi connectivity index (χ1n) is 10.1. The molecule has 6 heteroatoms. The van der Waals surface area contributed by atoms with E-state index in [1.807, 2.05) is 30.3 Å². The third-order valence-corrected chi connectivity index (χ3v) is 11.9. The van der Waals surface area contributed by atoms with Crippen molar-refractivity contribution in [3.63, 3.8) is 0 Å². The van der Waals surface area contributed by atoms with Gasteiger partial charge < -0.3 is 13.9 Å². The van der Waals surface area contributed by atoms with E-state index >= 15 is 0 Å². The summed E-state index contributed by atoms with van der Waals surface area (Å²) < 4.78 is 17.8. The van der Waals surface area contributed by atoms with Gasteiger partial charge in [-0.2, -0.15) is 0 Å². The van der Waals surface area contributed by atoms with Crippen LogP contribution in [0.3, 0.4) is 0 Å². The Morgan fingerprint density at radius 3 is 2.11 bits per heavy atom. The molecule has 5 nitrogen and oxygen atoms in total. The summed E-state index contributed by atoms with van der Waals surface area (Å²) in [6.07, 6.45) is -1.10. The Bertz CT molecular complexity index is 653. The van der Waals surface area contributed by atoms with E-state index in [0.29, 0.717) is 22.4 Å². The fourth-order valence-electron chi connectivity index (χ4n) is 4.65. The number of amides is 1. The Morgan fingerprint density at radius 2 is 1.64 bits per heavy atom. The van der Waals surface area contributed by atoms with Gasteiger partial charge in [-0.25, -0.2) is 4.79 Å². The first-order chi connectivity index (χ1) is 13.2. The molecule has 1 aromatic rings. The van der Waals surface area contributed by atoms with Crippen molar-refractivity contribution < 1.29 is 18.7 Å². The van der Waals surface area contributed by atoms with Gasteiger partial charge in [0.05, 0.1) is 6.04 Å². The lowest BCUT2D eigenvalue weighted by atomic mass is 10.1. The van der Waals surface area contributed by atoms with E-state index < -0.39 is 20.6 Å². The Kier molecular flexibility index (Phi) is 7.34. The van der Waals surface area contributed by atoms with E-state index in [1.54, 1.807) is 12.0 Å². The van der Waals surface area contributed by atoms with Crippen LogP contribution in [0.4, 0.5) is 4.79 Å². The summed E-state index contributed by atoms with van der Waals surface area (Å²) in [5, 5.41) is 0. The van der Waals surface area contributed by atoms with Gasteiger partial charge in [-0.05, 0) is 22.2 Å². The molecule has 0 aliphatic carbocycles. The lowest BCUT2D eigenvalue weighted by molar-refractivity contribution is -0.0152. The first kappa shape index (κ1) is 22.5. The maximum Gasteiger partial charge on any atom is 0.412 e. The first-order valence-corrected chi connectivity index (χ1v) is 12.2. The molecule has 0 radical (unpaired) electrons. The van der Waals surface area contributed by atoms with Gasteiger partial charge >= 0.3 is 6.09 Å². The van der Waals surface area contributed by atoms with Crippen LogP contribution >= 0.6 is 0 Å². The number of hydrogen-bond donors (Lipinski definition) is 0. The van der Waals surface area contributed by atoms with Gasteiger partial charge in [0.1, 0.15) is 12.4 Å². The number of carbonyl (C=O) groups excluding carboxylic acids is 1. The summed E-state index contributed by atoms with van der Waals surface area (Å²) in [6, 6.07) is 9.62. The minimum absolute atomic E-state index is 0.229. The molecule has 0 spiro atoms. The van der Waals surface area contributed by atoms with E-state index in [4.69, 9.17) is 13.9 Å². The Balaban J connectivity index is 2.34. The van der Waals surface area contributed by atoms with Gasteiger partial charge in [0, 0.05) is 7.11 Å². The molecule has 0 aromatic heterocycles. The quantitative estimate of drug-likeness (QED) is 0.381. The summed E-state index contributed by atoms with van der Waals surface area (Å²) in [7, 11) is -0.623. The molecule has 2 atom stereocenters. The molecule has 1 amide bonds. The lowest BCUT2D eigenvalue weighted by Crippen LogP contribution is -2.50. The standard InChI is InChI=1S/C22H35NO4Si/c1-15(2)28(16(3)4,17(5)6)27-18(7)21(25-8)23-20(14-26-22(23)24)19-12-10-9-11-13-19/h9-13,15-17,20-21H,7,14H2,1-6,8H3/t20-,21+/m0/s1. The molecule has 0 bridgehead atoms. The molecule has 0 unspecified atom stereocenters. The Hall–Kier alpha value is -1.79. The van der Waals surface area contributed by atoms with Crippen LogP contribution in [-0.4, -0.2) is 39.3 Å². The van der Waals surface area contributed by atoms with Crippen LogP contribution in [-0.2, 0) is 13.9 Å². The molecule has 1 heterocycles. The van der Waals surface area contributed by atoms with Crippen molar-refractivity contribution in [2.24, 2.45) is 0 Å². The monoisotopic (exact) mass is 405 g/mol. The van der Waals surface area contributed by atoms with Gasteiger partial charge in [0.15, 0.2) is 6.23 Å². The Labute approximate surface area is 170 Å².